The number of nitrogens with zero attached hydrogens (tertiary/aromatic N) is 1. The Bertz CT molecular complexity index is 214. The maximum Gasteiger partial charge on any atom is 0.0615 e. The van der Waals surface area contributed by atoms with Gasteiger partial charge in [0.25, 0.3) is 0 Å². The molecule has 1 atom stereocenters. The average Bonchev–Trinajstić information content (AvgIpc) is 3.07. The summed E-state index contributed by atoms with van der Waals surface area (Å²) in [5, 5.41) is 3.50. The molecule has 1 unspecified atom stereocenters. The molecule has 3 heteroatoms. The molecule has 3 nitrogen and oxygen atoms in total. The van der Waals surface area contributed by atoms with Crippen LogP contribution < -0.4 is 5.32 Å². The Balaban J connectivity index is 2.21. The molecule has 0 bridgehead atoms. The largest absolute Gasteiger partial charge is 0.383 e. The lowest BCUT2D eigenvalue weighted by Crippen LogP contribution is -2.38. The smallest absolute Gasteiger partial charge is 0.0615 e. The highest BCUT2D eigenvalue weighted by atomic mass is 16.5. The van der Waals surface area contributed by atoms with Gasteiger partial charge in [0.2, 0.25) is 0 Å². The zero-order chi connectivity index (χ0) is 12.0. The van der Waals surface area contributed by atoms with E-state index in [1.165, 1.54) is 18.4 Å². The summed E-state index contributed by atoms with van der Waals surface area (Å²) in [6, 6.07) is 1.23. The van der Waals surface area contributed by atoms with Crippen LogP contribution in [0.3, 0.4) is 0 Å². The van der Waals surface area contributed by atoms with Gasteiger partial charge in [-0.05, 0) is 31.9 Å². The fourth-order valence-corrected chi connectivity index (χ4v) is 1.85. The van der Waals surface area contributed by atoms with Gasteiger partial charge in [0.05, 0.1) is 6.61 Å². The molecule has 1 saturated carbocycles. The molecule has 0 heterocycles. The molecule has 1 rings (SSSR count). The van der Waals surface area contributed by atoms with Gasteiger partial charge in [-0.15, -0.1) is 0 Å². The van der Waals surface area contributed by atoms with Crippen molar-refractivity contribution in [3.05, 3.63) is 12.2 Å². The summed E-state index contributed by atoms with van der Waals surface area (Å²) in [6.07, 6.45) is 2.68. The molecule has 0 amide bonds. The topological polar surface area (TPSA) is 24.5 Å². The van der Waals surface area contributed by atoms with Crippen molar-refractivity contribution in [2.24, 2.45) is 0 Å². The number of ether oxygens (including phenoxy) is 1. The zero-order valence-electron chi connectivity index (χ0n) is 11.0. The fraction of sp³-hybridized carbons (Fsp3) is 0.846. The van der Waals surface area contributed by atoms with Gasteiger partial charge in [-0.3, -0.25) is 4.90 Å². The molecule has 1 aliphatic carbocycles. The van der Waals surface area contributed by atoms with E-state index in [1.54, 1.807) is 7.11 Å². The van der Waals surface area contributed by atoms with E-state index in [4.69, 9.17) is 4.74 Å². The minimum Gasteiger partial charge on any atom is -0.383 e. The van der Waals surface area contributed by atoms with Crippen molar-refractivity contribution >= 4 is 0 Å². The second kappa shape index (κ2) is 7.05. The fourth-order valence-electron chi connectivity index (χ4n) is 1.85. The molecule has 1 N–H and O–H groups in total. The van der Waals surface area contributed by atoms with Crippen LogP contribution >= 0.6 is 0 Å². The highest BCUT2D eigenvalue weighted by Crippen LogP contribution is 2.18. The van der Waals surface area contributed by atoms with Crippen LogP contribution in [0.4, 0.5) is 0 Å². The molecule has 0 aromatic heterocycles. The number of rotatable bonds is 9. The van der Waals surface area contributed by atoms with Crippen LogP contribution in [0.2, 0.25) is 0 Å². The van der Waals surface area contributed by atoms with E-state index in [0.29, 0.717) is 6.04 Å². The van der Waals surface area contributed by atoms with E-state index in [-0.39, 0.29) is 0 Å². The van der Waals surface area contributed by atoms with Gasteiger partial charge < -0.3 is 10.1 Å². The quantitative estimate of drug-likeness (QED) is 0.605. The monoisotopic (exact) mass is 226 g/mol. The minimum absolute atomic E-state index is 0.465. The minimum atomic E-state index is 0.465. The maximum atomic E-state index is 5.19. The molecule has 0 aromatic rings. The van der Waals surface area contributed by atoms with Gasteiger partial charge in [0.1, 0.15) is 0 Å². The van der Waals surface area contributed by atoms with Crippen LogP contribution in [0.25, 0.3) is 0 Å². The van der Waals surface area contributed by atoms with Crippen LogP contribution in [-0.4, -0.2) is 50.3 Å². The summed E-state index contributed by atoms with van der Waals surface area (Å²) in [5.41, 5.74) is 1.27. The third-order valence-electron chi connectivity index (χ3n) is 3.08. The Hall–Kier alpha value is -0.380. The molecule has 0 radical (unpaired) electrons. The van der Waals surface area contributed by atoms with Crippen LogP contribution in [0.5, 0.6) is 0 Å². The summed E-state index contributed by atoms with van der Waals surface area (Å²) < 4.78 is 5.19. The van der Waals surface area contributed by atoms with Crippen molar-refractivity contribution in [2.75, 3.05) is 33.4 Å². The molecule has 1 aliphatic rings. The zero-order valence-corrected chi connectivity index (χ0v) is 11.0. The molecule has 0 spiro atoms. The van der Waals surface area contributed by atoms with E-state index in [9.17, 15) is 0 Å². The molecule has 0 saturated heterocycles. The van der Waals surface area contributed by atoms with Crippen molar-refractivity contribution in [1.82, 2.24) is 10.2 Å². The third kappa shape index (κ3) is 5.10. The maximum absolute atomic E-state index is 5.19. The Morgan fingerprint density at radius 2 is 2.25 bits per heavy atom. The summed E-state index contributed by atoms with van der Waals surface area (Å²) in [7, 11) is 1.76. The van der Waals surface area contributed by atoms with E-state index >= 15 is 0 Å². The third-order valence-corrected chi connectivity index (χ3v) is 3.08. The highest BCUT2D eigenvalue weighted by Gasteiger charge is 2.20. The molecule has 0 aliphatic heterocycles. The number of likely N-dealkylation sites (N-methyl/N-ethyl adjacent to an activating group) is 1. The first-order valence-corrected chi connectivity index (χ1v) is 6.30. The van der Waals surface area contributed by atoms with Crippen molar-refractivity contribution in [2.45, 2.75) is 38.8 Å². The predicted octanol–water partition coefficient (Wildman–Crippen LogP) is 1.65. The van der Waals surface area contributed by atoms with Gasteiger partial charge in [-0.2, -0.15) is 0 Å². The van der Waals surface area contributed by atoms with Gasteiger partial charge >= 0.3 is 0 Å². The molecular weight excluding hydrogens is 200 g/mol. The SMILES string of the molecule is C=C(CNC1CC1)CN(CC)C(C)COC. The number of nitrogens with one attached hydrogen (secondary N) is 1. The summed E-state index contributed by atoms with van der Waals surface area (Å²) in [6.45, 7) is 12.3. The lowest BCUT2D eigenvalue weighted by molar-refractivity contribution is 0.108. The second-order valence-electron chi connectivity index (χ2n) is 4.77. The number of methoxy groups -OCH3 is 1. The Kier molecular flexibility index (Phi) is 6.03. The van der Waals surface area contributed by atoms with Gasteiger partial charge in [-0.25, -0.2) is 0 Å². The summed E-state index contributed by atoms with van der Waals surface area (Å²) >= 11 is 0. The summed E-state index contributed by atoms with van der Waals surface area (Å²) in [4.78, 5) is 2.40. The van der Waals surface area contributed by atoms with E-state index in [0.717, 1.165) is 32.3 Å². The molecule has 0 aromatic carbocycles. The van der Waals surface area contributed by atoms with Crippen molar-refractivity contribution in [1.29, 1.82) is 0 Å². The molecule has 16 heavy (non-hydrogen) atoms. The van der Waals surface area contributed by atoms with Crippen LogP contribution in [0.1, 0.15) is 26.7 Å². The molecular formula is C13H26N2O. The van der Waals surface area contributed by atoms with Crippen LogP contribution in [0, 0.1) is 0 Å². The first kappa shape index (κ1) is 13.7. The van der Waals surface area contributed by atoms with Crippen molar-refractivity contribution in [3.63, 3.8) is 0 Å². The number of hydrogen-bond donors (Lipinski definition) is 1. The van der Waals surface area contributed by atoms with Gasteiger partial charge in [0.15, 0.2) is 0 Å². The van der Waals surface area contributed by atoms with E-state index in [1.807, 2.05) is 0 Å². The van der Waals surface area contributed by atoms with E-state index in [2.05, 4.69) is 30.6 Å². The van der Waals surface area contributed by atoms with Crippen LogP contribution in [0.15, 0.2) is 12.2 Å². The predicted molar refractivity (Wildman–Crippen MR) is 68.7 cm³/mol. The molecule has 1 fully saturated rings. The Labute approximate surface area is 99.8 Å². The van der Waals surface area contributed by atoms with Gasteiger partial charge in [-0.1, -0.05) is 13.5 Å². The Morgan fingerprint density at radius 3 is 2.75 bits per heavy atom. The molecule has 94 valence electrons. The van der Waals surface area contributed by atoms with Crippen LogP contribution in [-0.2, 0) is 4.74 Å². The first-order chi connectivity index (χ1) is 7.67. The lowest BCUT2D eigenvalue weighted by Gasteiger charge is -2.28. The Morgan fingerprint density at radius 1 is 1.56 bits per heavy atom. The normalized spacial score (nSPS) is 17.8. The highest BCUT2D eigenvalue weighted by molar-refractivity contribution is 5.02. The second-order valence-corrected chi connectivity index (χ2v) is 4.77. The number of hydrogen-bond acceptors (Lipinski definition) is 3. The summed E-state index contributed by atoms with van der Waals surface area (Å²) in [5.74, 6) is 0. The van der Waals surface area contributed by atoms with Crippen molar-refractivity contribution < 1.29 is 4.74 Å². The van der Waals surface area contributed by atoms with Gasteiger partial charge in [0, 0.05) is 32.3 Å². The average molecular weight is 226 g/mol. The standard InChI is InChI=1S/C13H26N2O/c1-5-15(12(3)10-16-4)9-11(2)8-14-13-6-7-13/h12-14H,2,5-10H2,1,3-4H3. The van der Waals surface area contributed by atoms with E-state index < -0.39 is 0 Å². The van der Waals surface area contributed by atoms with Crippen molar-refractivity contribution in [3.8, 4) is 0 Å². The first-order valence-electron chi connectivity index (χ1n) is 6.30. The lowest BCUT2D eigenvalue weighted by atomic mass is 10.2.